The zero-order chi connectivity index (χ0) is 23.2. The molecule has 33 heavy (non-hydrogen) atoms. The van der Waals surface area contributed by atoms with Gasteiger partial charge in [0.1, 0.15) is 12.1 Å². The maximum Gasteiger partial charge on any atom is 0.416 e. The fourth-order valence-corrected chi connectivity index (χ4v) is 3.70. The molecule has 4 aromatic rings. The molecule has 1 aliphatic rings. The van der Waals surface area contributed by atoms with Gasteiger partial charge in [-0.25, -0.2) is 9.36 Å². The van der Waals surface area contributed by atoms with Crippen LogP contribution in [0.15, 0.2) is 65.6 Å². The zero-order valence-corrected chi connectivity index (χ0v) is 17.2. The molecular weight excluding hydrogens is 435 g/mol. The Balaban J connectivity index is 1.47. The molecule has 1 N–H and O–H groups in total. The molecule has 1 saturated carbocycles. The lowest BCUT2D eigenvalue weighted by atomic mass is 10.2. The number of hydrogen-bond acceptors (Lipinski definition) is 4. The predicted molar refractivity (Wildman–Crippen MR) is 115 cm³/mol. The Kier molecular flexibility index (Phi) is 4.99. The minimum Gasteiger partial charge on any atom is -0.324 e. The topological polar surface area (TPSA) is 81.8 Å². The van der Waals surface area contributed by atoms with Gasteiger partial charge in [0.15, 0.2) is 0 Å². The summed E-state index contributed by atoms with van der Waals surface area (Å²) in [7, 11) is 0. The quantitative estimate of drug-likeness (QED) is 0.493. The third-order valence-electron chi connectivity index (χ3n) is 5.46. The van der Waals surface area contributed by atoms with E-state index in [1.165, 1.54) is 16.8 Å². The molecule has 2 aromatic heterocycles. The van der Waals surface area contributed by atoms with Crippen molar-refractivity contribution in [3.8, 4) is 5.69 Å². The monoisotopic (exact) mass is 453 g/mol. The van der Waals surface area contributed by atoms with E-state index in [9.17, 15) is 22.8 Å². The number of hydrogen-bond donors (Lipinski definition) is 1. The minimum absolute atomic E-state index is 0.193. The lowest BCUT2D eigenvalue weighted by Crippen LogP contribution is -2.31. The molecule has 2 heterocycles. The van der Waals surface area contributed by atoms with Crippen LogP contribution in [0.25, 0.3) is 16.6 Å². The van der Waals surface area contributed by atoms with Gasteiger partial charge in [0.2, 0.25) is 5.91 Å². The molecule has 1 aliphatic carbocycles. The second-order valence-corrected chi connectivity index (χ2v) is 7.90. The Morgan fingerprint density at radius 3 is 2.39 bits per heavy atom. The SMILES string of the molecule is O=C(Cn1nc(C2CC2)c2cnn(-c3ccccc3)c2c1=O)Nc1ccc(C(F)(F)F)cc1. The number of carbonyl (C=O) groups is 1. The highest BCUT2D eigenvalue weighted by molar-refractivity contribution is 5.91. The van der Waals surface area contributed by atoms with Crippen molar-refractivity contribution in [3.63, 3.8) is 0 Å². The number of anilines is 1. The van der Waals surface area contributed by atoms with E-state index in [2.05, 4.69) is 15.5 Å². The van der Waals surface area contributed by atoms with E-state index in [-0.39, 0.29) is 18.2 Å². The van der Waals surface area contributed by atoms with E-state index in [1.54, 1.807) is 6.20 Å². The van der Waals surface area contributed by atoms with Crippen LogP contribution < -0.4 is 10.9 Å². The molecule has 0 radical (unpaired) electrons. The first kappa shape index (κ1) is 20.9. The molecule has 10 heteroatoms. The van der Waals surface area contributed by atoms with Crippen molar-refractivity contribution in [2.24, 2.45) is 0 Å². The van der Waals surface area contributed by atoms with Crippen LogP contribution >= 0.6 is 0 Å². The molecule has 168 valence electrons. The summed E-state index contributed by atoms with van der Waals surface area (Å²) in [5.41, 5.74) is 0.664. The summed E-state index contributed by atoms with van der Waals surface area (Å²) in [5, 5.41) is 12.0. The molecule has 0 aliphatic heterocycles. The normalized spacial score (nSPS) is 13.9. The maximum absolute atomic E-state index is 13.3. The Morgan fingerprint density at radius 1 is 1.06 bits per heavy atom. The first-order valence-corrected chi connectivity index (χ1v) is 10.3. The Hall–Kier alpha value is -3.95. The van der Waals surface area contributed by atoms with Crippen LogP contribution in [0.3, 0.4) is 0 Å². The lowest BCUT2D eigenvalue weighted by Gasteiger charge is -2.11. The highest BCUT2D eigenvalue weighted by Crippen LogP contribution is 2.41. The number of nitrogens with one attached hydrogen (secondary N) is 1. The predicted octanol–water partition coefficient (Wildman–Crippen LogP) is 4.12. The molecule has 2 aromatic carbocycles. The number of carbonyl (C=O) groups excluding carboxylic acids is 1. The fraction of sp³-hybridized carbons (Fsp3) is 0.217. The highest BCUT2D eigenvalue weighted by atomic mass is 19.4. The molecule has 5 rings (SSSR count). The minimum atomic E-state index is -4.46. The third-order valence-corrected chi connectivity index (χ3v) is 5.46. The lowest BCUT2D eigenvalue weighted by molar-refractivity contribution is -0.137. The number of para-hydroxylation sites is 1. The van der Waals surface area contributed by atoms with Crippen LogP contribution in [-0.4, -0.2) is 25.5 Å². The van der Waals surface area contributed by atoms with Crippen LogP contribution in [0.4, 0.5) is 18.9 Å². The van der Waals surface area contributed by atoms with Crippen LogP contribution in [-0.2, 0) is 17.5 Å². The summed E-state index contributed by atoms with van der Waals surface area (Å²) in [4.78, 5) is 25.8. The summed E-state index contributed by atoms with van der Waals surface area (Å²) in [6.07, 6.45) is -0.962. The maximum atomic E-state index is 13.3. The Bertz CT molecular complexity index is 1390. The number of nitrogens with zero attached hydrogens (tertiary/aromatic N) is 4. The molecule has 0 spiro atoms. The van der Waals surface area contributed by atoms with Gasteiger partial charge in [-0.3, -0.25) is 9.59 Å². The van der Waals surface area contributed by atoms with Crippen LogP contribution in [0, 0.1) is 0 Å². The van der Waals surface area contributed by atoms with E-state index in [0.717, 1.165) is 29.7 Å². The average Bonchev–Trinajstić information content (AvgIpc) is 3.53. The van der Waals surface area contributed by atoms with E-state index < -0.39 is 23.2 Å². The fourth-order valence-electron chi connectivity index (χ4n) is 3.70. The third kappa shape index (κ3) is 4.11. The summed E-state index contributed by atoms with van der Waals surface area (Å²) in [6, 6.07) is 13.3. The van der Waals surface area contributed by atoms with Gasteiger partial charge < -0.3 is 5.32 Å². The van der Waals surface area contributed by atoms with Crippen LogP contribution in [0.1, 0.15) is 30.0 Å². The van der Waals surface area contributed by atoms with Crippen LogP contribution in [0.5, 0.6) is 0 Å². The standard InChI is InChI=1S/C23H18F3N5O2/c24-23(25,26)15-8-10-16(11-9-15)28-19(32)13-30-22(33)21-18(20(29-30)14-6-7-14)12-27-31(21)17-4-2-1-3-5-17/h1-5,8-12,14H,6-7,13H2,(H,28,32). The van der Waals surface area contributed by atoms with Gasteiger partial charge in [0.25, 0.3) is 5.56 Å². The highest BCUT2D eigenvalue weighted by Gasteiger charge is 2.31. The van der Waals surface area contributed by atoms with E-state index in [4.69, 9.17) is 0 Å². The summed E-state index contributed by atoms with van der Waals surface area (Å²) in [5.74, 6) is -0.373. The van der Waals surface area contributed by atoms with Gasteiger partial charge in [0.05, 0.1) is 23.1 Å². The zero-order valence-electron chi connectivity index (χ0n) is 17.2. The van der Waals surface area contributed by atoms with Crippen molar-refractivity contribution in [3.05, 3.63) is 82.4 Å². The van der Waals surface area contributed by atoms with Gasteiger partial charge >= 0.3 is 6.18 Å². The van der Waals surface area contributed by atoms with Crippen molar-refractivity contribution in [2.45, 2.75) is 31.5 Å². The van der Waals surface area contributed by atoms with Gasteiger partial charge in [-0.2, -0.15) is 23.4 Å². The molecule has 1 amide bonds. The first-order valence-electron chi connectivity index (χ1n) is 10.3. The number of rotatable bonds is 5. The average molecular weight is 453 g/mol. The number of amides is 1. The summed E-state index contributed by atoms with van der Waals surface area (Å²) >= 11 is 0. The smallest absolute Gasteiger partial charge is 0.324 e. The molecule has 0 saturated heterocycles. The van der Waals surface area contributed by atoms with Gasteiger partial charge in [-0.1, -0.05) is 18.2 Å². The van der Waals surface area contributed by atoms with E-state index in [1.807, 2.05) is 30.3 Å². The molecule has 7 nitrogen and oxygen atoms in total. The van der Waals surface area contributed by atoms with Gasteiger partial charge in [-0.15, -0.1) is 0 Å². The van der Waals surface area contributed by atoms with Crippen molar-refractivity contribution in [2.75, 3.05) is 5.32 Å². The summed E-state index contributed by atoms with van der Waals surface area (Å²) in [6.45, 7) is -0.379. The number of alkyl halides is 3. The molecule has 0 atom stereocenters. The number of fused-ring (bicyclic) bond motifs is 1. The van der Waals surface area contributed by atoms with Crippen molar-refractivity contribution >= 4 is 22.5 Å². The van der Waals surface area contributed by atoms with E-state index >= 15 is 0 Å². The van der Waals surface area contributed by atoms with Gasteiger partial charge in [-0.05, 0) is 49.2 Å². The Labute approximate surface area is 185 Å². The van der Waals surface area contributed by atoms with Crippen molar-refractivity contribution < 1.29 is 18.0 Å². The second kappa shape index (κ2) is 7.88. The molecule has 0 bridgehead atoms. The Morgan fingerprint density at radius 2 is 1.76 bits per heavy atom. The first-order chi connectivity index (χ1) is 15.8. The summed E-state index contributed by atoms with van der Waals surface area (Å²) < 4.78 is 40.8. The van der Waals surface area contributed by atoms with Crippen molar-refractivity contribution in [1.82, 2.24) is 19.6 Å². The number of aromatic nitrogens is 4. The number of halogens is 3. The molecule has 1 fully saturated rings. The van der Waals surface area contributed by atoms with Gasteiger partial charge in [0, 0.05) is 17.0 Å². The van der Waals surface area contributed by atoms with Crippen molar-refractivity contribution in [1.29, 1.82) is 0 Å². The van der Waals surface area contributed by atoms with Crippen LogP contribution in [0.2, 0.25) is 0 Å². The largest absolute Gasteiger partial charge is 0.416 e. The second-order valence-electron chi connectivity index (χ2n) is 7.90. The molecule has 0 unspecified atom stereocenters. The van der Waals surface area contributed by atoms with E-state index in [0.29, 0.717) is 22.3 Å². The number of benzene rings is 2. The molecular formula is C23H18F3N5O2.